The van der Waals surface area contributed by atoms with Crippen LogP contribution in [0.25, 0.3) is 21.5 Å². The number of unbranched alkanes of at least 4 members (excludes halogenated alkanes) is 2. The third-order valence-corrected chi connectivity index (χ3v) is 13.9. The molecule has 0 radical (unpaired) electrons. The number of fused-ring (bicyclic) bond motifs is 4. The van der Waals surface area contributed by atoms with Gasteiger partial charge in [-0.15, -0.1) is 6.58 Å². The fourth-order valence-electron chi connectivity index (χ4n) is 10.9. The second kappa shape index (κ2) is 21.1. The Balaban J connectivity index is 1.24. The Morgan fingerprint density at radius 3 is 2.30 bits per heavy atom. The number of non-ortho nitro benzene ring substituents is 1. The number of rotatable bonds is 19. The van der Waals surface area contributed by atoms with Crippen LogP contribution in [0.5, 0.6) is 23.0 Å². The summed E-state index contributed by atoms with van der Waals surface area (Å²) in [6.07, 6.45) is 7.73. The molecule has 13 heteroatoms. The van der Waals surface area contributed by atoms with E-state index in [0.29, 0.717) is 35.8 Å². The number of hydrogen-bond donors (Lipinski definition) is 2. The van der Waals surface area contributed by atoms with Crippen LogP contribution in [0, 0.1) is 27.9 Å². The average molecular weight is 932 g/mol. The van der Waals surface area contributed by atoms with Gasteiger partial charge in [0, 0.05) is 43.2 Å². The number of carbonyl (C=O) groups is 1. The third kappa shape index (κ3) is 9.67. The molecule has 1 aliphatic heterocycles. The summed E-state index contributed by atoms with van der Waals surface area (Å²) in [5, 5.41) is 40.4. The topological polar surface area (TPSA) is 162 Å². The molecular weight excluding hydrogens is 875 g/mol. The van der Waals surface area contributed by atoms with Crippen molar-refractivity contribution in [3.63, 3.8) is 0 Å². The molecule has 2 aliphatic carbocycles. The van der Waals surface area contributed by atoms with Crippen LogP contribution in [0.2, 0.25) is 0 Å². The Morgan fingerprint density at radius 1 is 0.855 bits per heavy atom. The van der Waals surface area contributed by atoms with E-state index in [1.807, 2.05) is 84.9 Å². The minimum absolute atomic E-state index is 0.0182. The van der Waals surface area contributed by atoms with Gasteiger partial charge in [0.2, 0.25) is 5.79 Å². The van der Waals surface area contributed by atoms with Crippen molar-refractivity contribution in [3.05, 3.63) is 173 Å². The number of carbonyl (C=O) groups excluding carboxylic acids is 1. The highest BCUT2D eigenvalue weighted by Crippen LogP contribution is 2.62. The lowest BCUT2D eigenvalue weighted by Crippen LogP contribution is -2.70. The molecule has 3 aliphatic rings. The average Bonchev–Trinajstić information content (AvgIpc) is 3.36. The fraction of sp³-hybridized carbons (Fsp3) is 0.321. The predicted octanol–water partition coefficient (Wildman–Crippen LogP) is 11.7. The van der Waals surface area contributed by atoms with E-state index in [0.717, 1.165) is 63.9 Å². The zero-order valence-corrected chi connectivity index (χ0v) is 38.7. The number of aliphatic hydroxyl groups is 2. The number of amides is 1. The van der Waals surface area contributed by atoms with Crippen molar-refractivity contribution in [3.8, 4) is 23.0 Å². The lowest BCUT2D eigenvalue weighted by atomic mass is 9.55. The molecular formula is C56H57N3O10. The smallest absolute Gasteiger partial charge is 0.416 e. The monoisotopic (exact) mass is 931 g/mol. The van der Waals surface area contributed by atoms with Crippen molar-refractivity contribution >= 4 is 39.0 Å². The minimum atomic E-state index is -1.57. The number of nitrogens with zero attached hydrogens (tertiary/aromatic N) is 3. The molecule has 0 aromatic heterocycles. The Morgan fingerprint density at radius 2 is 1.55 bits per heavy atom. The molecule has 6 atom stereocenters. The first-order chi connectivity index (χ1) is 33.7. The maximum atomic E-state index is 15.2. The number of aliphatic hydroxyl groups excluding tert-OH is 2. The van der Waals surface area contributed by atoms with Crippen LogP contribution < -0.4 is 14.2 Å². The number of benzene rings is 6. The summed E-state index contributed by atoms with van der Waals surface area (Å²) in [7, 11) is 1.51. The van der Waals surface area contributed by atoms with Gasteiger partial charge in [-0.05, 0) is 113 Å². The van der Waals surface area contributed by atoms with Gasteiger partial charge < -0.3 is 34.0 Å². The van der Waals surface area contributed by atoms with Crippen molar-refractivity contribution in [2.24, 2.45) is 22.9 Å². The first kappa shape index (κ1) is 47.0. The van der Waals surface area contributed by atoms with E-state index in [-0.39, 0.29) is 62.0 Å². The molecule has 6 aromatic rings. The molecule has 1 amide bonds. The normalized spacial score (nSPS) is 21.9. The Labute approximate surface area is 401 Å². The van der Waals surface area contributed by atoms with Crippen LogP contribution in [0.4, 0.5) is 10.5 Å². The molecule has 2 N–H and O–H groups in total. The van der Waals surface area contributed by atoms with Crippen molar-refractivity contribution in [1.29, 1.82) is 0 Å². The van der Waals surface area contributed by atoms with E-state index in [1.165, 1.54) is 31.4 Å². The largest absolute Gasteiger partial charge is 0.459 e. The maximum absolute atomic E-state index is 15.2. The van der Waals surface area contributed by atoms with E-state index in [2.05, 4.69) is 30.9 Å². The van der Waals surface area contributed by atoms with Crippen LogP contribution in [-0.2, 0) is 16.1 Å². The summed E-state index contributed by atoms with van der Waals surface area (Å²) in [5.41, 5.74) is 3.12. The molecule has 6 unspecified atom stereocenters. The number of allylic oxidation sites excluding steroid dienone is 1. The van der Waals surface area contributed by atoms with E-state index < -0.39 is 28.8 Å². The van der Waals surface area contributed by atoms with Gasteiger partial charge in [0.1, 0.15) is 36.1 Å². The van der Waals surface area contributed by atoms with Crippen LogP contribution in [0.3, 0.4) is 0 Å². The van der Waals surface area contributed by atoms with Crippen molar-refractivity contribution in [2.75, 3.05) is 26.9 Å². The molecule has 13 nitrogen and oxygen atoms in total. The van der Waals surface area contributed by atoms with Gasteiger partial charge in [-0.3, -0.25) is 15.0 Å². The fourth-order valence-corrected chi connectivity index (χ4v) is 10.9. The van der Waals surface area contributed by atoms with Crippen LogP contribution in [0.15, 0.2) is 157 Å². The van der Waals surface area contributed by atoms with Gasteiger partial charge in [0.05, 0.1) is 29.7 Å². The molecule has 0 spiro atoms. The zero-order valence-electron chi connectivity index (χ0n) is 38.7. The molecule has 6 aromatic carbocycles. The Hall–Kier alpha value is -7.06. The molecule has 0 bridgehead atoms. The maximum Gasteiger partial charge on any atom is 0.416 e. The number of hydrogen-bond acceptors (Lipinski definition) is 11. The molecule has 1 fully saturated rings. The summed E-state index contributed by atoms with van der Waals surface area (Å²) in [4.78, 5) is 33.6. The zero-order chi connectivity index (χ0) is 47.9. The molecule has 1 heterocycles. The van der Waals surface area contributed by atoms with Crippen molar-refractivity contribution < 1.29 is 43.7 Å². The van der Waals surface area contributed by atoms with Crippen LogP contribution in [0.1, 0.15) is 62.0 Å². The summed E-state index contributed by atoms with van der Waals surface area (Å²) in [5.74, 6) is -0.451. The van der Waals surface area contributed by atoms with Gasteiger partial charge in [0.25, 0.3) is 5.69 Å². The predicted molar refractivity (Wildman–Crippen MR) is 265 cm³/mol. The van der Waals surface area contributed by atoms with Crippen LogP contribution >= 0.6 is 0 Å². The van der Waals surface area contributed by atoms with Gasteiger partial charge in [-0.1, -0.05) is 103 Å². The first-order valence-corrected chi connectivity index (χ1v) is 23.7. The highest BCUT2D eigenvalue weighted by molar-refractivity contribution is 6.03. The Bertz CT molecular complexity index is 2880. The minimum Gasteiger partial charge on any atom is -0.459 e. The molecule has 356 valence electrons. The van der Waals surface area contributed by atoms with Gasteiger partial charge in [-0.2, -0.15) is 0 Å². The number of oxime groups is 1. The Kier molecular flexibility index (Phi) is 14.4. The van der Waals surface area contributed by atoms with Crippen molar-refractivity contribution in [2.45, 2.75) is 69.2 Å². The van der Waals surface area contributed by atoms with E-state index >= 15 is 4.79 Å². The lowest BCUT2D eigenvalue weighted by molar-refractivity contribution is -0.384. The summed E-state index contributed by atoms with van der Waals surface area (Å²) in [6.45, 7) is 4.32. The highest BCUT2D eigenvalue weighted by atomic mass is 16.7. The number of nitro groups is 1. The lowest BCUT2D eigenvalue weighted by Gasteiger charge is -2.59. The number of nitro benzene ring substituents is 1. The third-order valence-electron chi connectivity index (χ3n) is 13.9. The van der Waals surface area contributed by atoms with Crippen molar-refractivity contribution in [1.82, 2.24) is 4.90 Å². The SMILES string of the molecule is C=CCOC12Oc3ccc(Oc4ccc5ccccc5c4)cc3C3C(CCCCO)C(CCCCO)C=C(C(=NOC)CC1N(Cc1cccc4ccccc14)C(=O)Oc1ccc([N+](=O)[O-])cc1)C32. The van der Waals surface area contributed by atoms with E-state index in [4.69, 9.17) is 28.9 Å². The molecule has 1 saturated carbocycles. The van der Waals surface area contributed by atoms with Gasteiger partial charge in [-0.25, -0.2) is 4.79 Å². The molecule has 69 heavy (non-hydrogen) atoms. The highest BCUT2D eigenvalue weighted by Gasteiger charge is 2.66. The number of ether oxygens (including phenoxy) is 4. The second-order valence-corrected chi connectivity index (χ2v) is 18.0. The standard InChI is InChI=1S/C56H57N3O10/c1-3-31-66-56-52(58(36-41-18-12-17-38-14-6-7-19-46(38)41)55(62)68-43-25-22-42(23-26-43)59(63)64)35-50(57-65-2)48-33-40(16-8-10-29-60)47(20-9-11-30-61)53(54(48)56)49-34-45(27-28-51(49)69-56)67-44-24-21-37-13-4-5-15-39(37)32-44/h3-7,12-15,17-19,21-28,32-34,40,47,52-54,60-61H,1,8-11,16,20,29-31,35-36H2,2H3. The molecule has 0 saturated heterocycles. The summed E-state index contributed by atoms with van der Waals surface area (Å²) < 4.78 is 27.5. The van der Waals surface area contributed by atoms with E-state index in [9.17, 15) is 20.3 Å². The van der Waals surface area contributed by atoms with E-state index in [1.54, 1.807) is 11.0 Å². The summed E-state index contributed by atoms with van der Waals surface area (Å²) >= 11 is 0. The van der Waals surface area contributed by atoms with Crippen LogP contribution in [-0.4, -0.2) is 70.6 Å². The quantitative estimate of drug-likeness (QED) is 0.0346. The molecule has 9 rings (SSSR count). The second-order valence-electron chi connectivity index (χ2n) is 18.0. The summed E-state index contributed by atoms with van der Waals surface area (Å²) in [6, 6.07) is 38.5. The van der Waals surface area contributed by atoms with Gasteiger partial charge >= 0.3 is 6.09 Å². The first-order valence-electron chi connectivity index (χ1n) is 23.7. The van der Waals surface area contributed by atoms with Gasteiger partial charge in [0.15, 0.2) is 0 Å².